The molecule has 0 saturated heterocycles. The van der Waals surface area contributed by atoms with Gasteiger partial charge in [0.25, 0.3) is 0 Å². The highest BCUT2D eigenvalue weighted by Crippen LogP contribution is 2.33. The van der Waals surface area contributed by atoms with Gasteiger partial charge < -0.3 is 19.2 Å². The predicted octanol–water partition coefficient (Wildman–Crippen LogP) is 6.33. The van der Waals surface area contributed by atoms with Crippen LogP contribution in [0, 0.1) is 6.92 Å². The molecule has 0 atom stereocenters. The molecule has 0 aliphatic heterocycles. The van der Waals surface area contributed by atoms with Crippen LogP contribution in [0.3, 0.4) is 0 Å². The number of carbonyl (C=O) groups excluding carboxylic acids is 1. The number of nitrogens with zero attached hydrogens (tertiary/aromatic N) is 5. The molecule has 0 aliphatic carbocycles. The number of rotatable bonds is 8. The van der Waals surface area contributed by atoms with Gasteiger partial charge in [0, 0.05) is 37.9 Å². The maximum absolute atomic E-state index is 12.8. The lowest BCUT2D eigenvalue weighted by molar-refractivity contribution is 0.0602. The van der Waals surface area contributed by atoms with Crippen molar-refractivity contribution >= 4 is 22.7 Å². The van der Waals surface area contributed by atoms with Gasteiger partial charge in [-0.05, 0) is 36.2 Å². The summed E-state index contributed by atoms with van der Waals surface area (Å²) in [6.45, 7) is 3.23. The Bertz CT molecular complexity index is 1780. The molecular formula is C33H30N6O2. The molecule has 0 fully saturated rings. The second-order valence-electron chi connectivity index (χ2n) is 10.0. The number of aromatic amines is 1. The number of pyridine rings is 2. The lowest BCUT2D eigenvalue weighted by Gasteiger charge is -2.25. The fraction of sp³-hybridized carbons (Fsp3) is 0.152. The van der Waals surface area contributed by atoms with Crippen molar-refractivity contribution in [2.75, 3.05) is 12.0 Å². The molecule has 1 N–H and O–H groups in total. The first kappa shape index (κ1) is 26.0. The van der Waals surface area contributed by atoms with Crippen molar-refractivity contribution in [1.82, 2.24) is 24.5 Å². The molecule has 0 amide bonds. The van der Waals surface area contributed by atoms with Gasteiger partial charge in [-0.15, -0.1) is 0 Å². The summed E-state index contributed by atoms with van der Waals surface area (Å²) in [4.78, 5) is 32.9. The van der Waals surface area contributed by atoms with E-state index in [0.717, 1.165) is 56.4 Å². The van der Waals surface area contributed by atoms with Crippen molar-refractivity contribution in [3.63, 3.8) is 0 Å². The van der Waals surface area contributed by atoms with Crippen molar-refractivity contribution in [1.29, 1.82) is 0 Å². The van der Waals surface area contributed by atoms with Crippen molar-refractivity contribution < 1.29 is 9.53 Å². The third-order valence-corrected chi connectivity index (χ3v) is 7.04. The van der Waals surface area contributed by atoms with Crippen LogP contribution in [0.1, 0.15) is 27.2 Å². The van der Waals surface area contributed by atoms with E-state index >= 15 is 0 Å². The quantitative estimate of drug-likeness (QED) is 0.226. The zero-order valence-electron chi connectivity index (χ0n) is 23.2. The Kier molecular flexibility index (Phi) is 7.04. The summed E-state index contributed by atoms with van der Waals surface area (Å²) >= 11 is 0. The Morgan fingerprint density at radius 2 is 1.56 bits per heavy atom. The molecule has 6 rings (SSSR count). The fourth-order valence-corrected chi connectivity index (χ4v) is 5.13. The summed E-state index contributed by atoms with van der Waals surface area (Å²) in [7, 11) is 3.34. The van der Waals surface area contributed by atoms with Gasteiger partial charge in [0.1, 0.15) is 5.69 Å². The molecule has 0 aliphatic rings. The molecule has 0 bridgehead atoms. The molecule has 0 spiro atoms. The summed E-state index contributed by atoms with van der Waals surface area (Å²) in [6, 6.07) is 28.4. The van der Waals surface area contributed by atoms with E-state index in [1.165, 1.54) is 7.11 Å². The lowest BCUT2D eigenvalue weighted by atomic mass is 10.1. The smallest absolute Gasteiger partial charge is 0.340 e. The number of hydrogen-bond donors (Lipinski definition) is 1. The summed E-state index contributed by atoms with van der Waals surface area (Å²) < 4.78 is 7.08. The summed E-state index contributed by atoms with van der Waals surface area (Å²) in [5, 5.41) is 0.725. The minimum atomic E-state index is -0.442. The van der Waals surface area contributed by atoms with Crippen LogP contribution in [0.5, 0.6) is 0 Å². The molecule has 4 heterocycles. The number of esters is 1. The van der Waals surface area contributed by atoms with E-state index < -0.39 is 5.97 Å². The Morgan fingerprint density at radius 3 is 2.17 bits per heavy atom. The number of methoxy groups -OCH3 is 1. The van der Waals surface area contributed by atoms with E-state index in [0.29, 0.717) is 18.7 Å². The van der Waals surface area contributed by atoms with Crippen molar-refractivity contribution in [2.45, 2.75) is 20.0 Å². The molecule has 41 heavy (non-hydrogen) atoms. The molecule has 6 aromatic rings. The number of aromatic nitrogens is 5. The maximum Gasteiger partial charge on any atom is 0.340 e. The van der Waals surface area contributed by atoms with Gasteiger partial charge in [-0.2, -0.15) is 0 Å². The number of ether oxygens (including phenoxy) is 1. The van der Waals surface area contributed by atoms with Crippen LogP contribution in [0.15, 0.2) is 97.3 Å². The average Bonchev–Trinajstić information content (AvgIpc) is 3.60. The number of benzene rings is 2. The van der Waals surface area contributed by atoms with Gasteiger partial charge in [-0.25, -0.2) is 19.7 Å². The van der Waals surface area contributed by atoms with Gasteiger partial charge in [0.15, 0.2) is 11.6 Å². The van der Waals surface area contributed by atoms with E-state index in [-0.39, 0.29) is 0 Å². The van der Waals surface area contributed by atoms with Crippen LogP contribution in [0.25, 0.3) is 33.8 Å². The summed E-state index contributed by atoms with van der Waals surface area (Å²) in [5.74, 6) is 1.08. The fourth-order valence-electron chi connectivity index (χ4n) is 5.13. The number of aryl methyl sites for hydroxylation is 2. The zero-order chi connectivity index (χ0) is 28.3. The topological polar surface area (TPSA) is 88.9 Å². The summed E-state index contributed by atoms with van der Waals surface area (Å²) in [6.07, 6.45) is 3.58. The van der Waals surface area contributed by atoms with Gasteiger partial charge in [0.05, 0.1) is 35.3 Å². The van der Waals surface area contributed by atoms with Crippen molar-refractivity contribution in [3.8, 4) is 22.9 Å². The molecule has 0 saturated carbocycles. The minimum absolute atomic E-state index is 0.393. The number of carbonyl (C=O) groups is 1. The standard InChI is InChI=1S/C33H30N6O2/c1-22-19-38(2)31(35-22)28-16-10-15-27(36-28)29-17-25-26(33(40)41-3)18-34-32(30(25)37-29)39(20-23-11-6-4-7-12-23)21-24-13-8-5-9-14-24/h4-19,37H,20-21H2,1-3H3. The number of H-pyrrole nitrogens is 1. The first-order valence-corrected chi connectivity index (χ1v) is 13.4. The first-order chi connectivity index (χ1) is 20.0. The second-order valence-corrected chi connectivity index (χ2v) is 10.0. The monoisotopic (exact) mass is 542 g/mol. The molecule has 0 radical (unpaired) electrons. The average molecular weight is 543 g/mol. The third kappa shape index (κ3) is 5.32. The van der Waals surface area contributed by atoms with Crippen LogP contribution in [0.4, 0.5) is 5.82 Å². The highest BCUT2D eigenvalue weighted by molar-refractivity contribution is 6.07. The van der Waals surface area contributed by atoms with E-state index in [1.54, 1.807) is 6.20 Å². The minimum Gasteiger partial charge on any atom is -0.465 e. The van der Waals surface area contributed by atoms with Gasteiger partial charge >= 0.3 is 5.97 Å². The van der Waals surface area contributed by atoms with Crippen molar-refractivity contribution in [3.05, 3.63) is 120 Å². The third-order valence-electron chi connectivity index (χ3n) is 7.04. The van der Waals surface area contributed by atoms with Gasteiger partial charge in [-0.3, -0.25) is 0 Å². The van der Waals surface area contributed by atoms with E-state index in [2.05, 4.69) is 39.1 Å². The van der Waals surface area contributed by atoms with E-state index in [4.69, 9.17) is 14.7 Å². The molecular weight excluding hydrogens is 512 g/mol. The van der Waals surface area contributed by atoms with Crippen LogP contribution < -0.4 is 4.90 Å². The largest absolute Gasteiger partial charge is 0.465 e. The Balaban J connectivity index is 1.49. The molecule has 8 heteroatoms. The number of anilines is 1. The first-order valence-electron chi connectivity index (χ1n) is 13.4. The van der Waals surface area contributed by atoms with Crippen LogP contribution >= 0.6 is 0 Å². The second kappa shape index (κ2) is 11.1. The van der Waals surface area contributed by atoms with Crippen LogP contribution in [-0.2, 0) is 24.9 Å². The van der Waals surface area contributed by atoms with Crippen LogP contribution in [0.2, 0.25) is 0 Å². The number of hydrogen-bond acceptors (Lipinski definition) is 6. The SMILES string of the molecule is COC(=O)c1cnc(N(Cc2ccccc2)Cc2ccccc2)c2[nH]c(-c3cccc(-c4nc(C)cn4C)n3)cc12. The molecule has 8 nitrogen and oxygen atoms in total. The van der Waals surface area contributed by atoms with Gasteiger partial charge in [-0.1, -0.05) is 66.7 Å². The number of nitrogens with one attached hydrogen (secondary N) is 1. The highest BCUT2D eigenvalue weighted by Gasteiger charge is 2.22. The lowest BCUT2D eigenvalue weighted by Crippen LogP contribution is -2.24. The van der Waals surface area contributed by atoms with Crippen molar-refractivity contribution in [2.24, 2.45) is 7.05 Å². The zero-order valence-corrected chi connectivity index (χ0v) is 23.2. The Morgan fingerprint density at radius 1 is 0.902 bits per heavy atom. The molecule has 0 unspecified atom stereocenters. The molecule has 2 aromatic carbocycles. The van der Waals surface area contributed by atoms with E-state index in [1.807, 2.05) is 85.4 Å². The Labute approximate surface area is 238 Å². The number of imidazole rings is 1. The predicted molar refractivity (Wildman–Crippen MR) is 160 cm³/mol. The molecule has 4 aromatic heterocycles. The van der Waals surface area contributed by atoms with Crippen LogP contribution in [-0.4, -0.2) is 37.6 Å². The molecule has 204 valence electrons. The summed E-state index contributed by atoms with van der Waals surface area (Å²) in [5.41, 5.74) is 6.64. The normalized spacial score (nSPS) is 11.1. The number of fused-ring (bicyclic) bond motifs is 1. The maximum atomic E-state index is 12.8. The highest BCUT2D eigenvalue weighted by atomic mass is 16.5. The van der Waals surface area contributed by atoms with E-state index in [9.17, 15) is 4.79 Å². The Hall–Kier alpha value is -5.24. The van der Waals surface area contributed by atoms with Gasteiger partial charge in [0.2, 0.25) is 0 Å².